The zero-order valence-electron chi connectivity index (χ0n) is 12.1. The van der Waals surface area contributed by atoms with Crippen molar-refractivity contribution in [1.82, 2.24) is 19.9 Å². The molecule has 0 amide bonds. The Morgan fingerprint density at radius 2 is 1.61 bits per heavy atom. The molecule has 1 N–H and O–H groups in total. The van der Waals surface area contributed by atoms with Crippen molar-refractivity contribution in [1.29, 1.82) is 0 Å². The first-order chi connectivity index (χ1) is 11.3. The van der Waals surface area contributed by atoms with Gasteiger partial charge in [0.1, 0.15) is 0 Å². The van der Waals surface area contributed by atoms with Crippen LogP contribution in [0.5, 0.6) is 0 Å². The van der Waals surface area contributed by atoms with E-state index >= 15 is 0 Å². The van der Waals surface area contributed by atoms with Crippen LogP contribution in [0, 0.1) is 0 Å². The molecule has 0 bridgehead atoms. The minimum atomic E-state index is -0.199. The van der Waals surface area contributed by atoms with Crippen molar-refractivity contribution in [2.75, 3.05) is 0 Å². The van der Waals surface area contributed by atoms with Crippen LogP contribution < -0.4 is 5.56 Å². The molecule has 0 saturated carbocycles. The summed E-state index contributed by atoms with van der Waals surface area (Å²) < 4.78 is 0. The lowest BCUT2D eigenvalue weighted by atomic mass is 10.0. The van der Waals surface area contributed by atoms with Gasteiger partial charge in [0.05, 0.1) is 10.9 Å². The van der Waals surface area contributed by atoms with Crippen molar-refractivity contribution in [2.45, 2.75) is 0 Å². The van der Waals surface area contributed by atoms with Crippen molar-refractivity contribution < 1.29 is 0 Å². The molecule has 4 aromatic rings. The molecular weight excluding hydrogens is 288 g/mol. The fraction of sp³-hybridized carbons (Fsp3) is 0. The van der Waals surface area contributed by atoms with E-state index in [0.29, 0.717) is 22.6 Å². The van der Waals surface area contributed by atoms with Gasteiger partial charge in [-0.2, -0.15) is 0 Å². The van der Waals surface area contributed by atoms with Crippen molar-refractivity contribution in [2.24, 2.45) is 0 Å². The second-order valence-corrected chi connectivity index (χ2v) is 5.08. The van der Waals surface area contributed by atoms with E-state index in [4.69, 9.17) is 0 Å². The summed E-state index contributed by atoms with van der Waals surface area (Å²) in [6, 6.07) is 17.3. The third-order valence-electron chi connectivity index (χ3n) is 3.59. The number of fused-ring (bicyclic) bond motifs is 1. The van der Waals surface area contributed by atoms with Crippen molar-refractivity contribution in [3.05, 3.63) is 77.3 Å². The predicted molar refractivity (Wildman–Crippen MR) is 88.8 cm³/mol. The maximum absolute atomic E-state index is 12.4. The number of nitrogens with zero attached hydrogens (tertiary/aromatic N) is 3. The summed E-state index contributed by atoms with van der Waals surface area (Å²) in [4.78, 5) is 27.9. The standard InChI is InChI=1S/C18H12N4O/c23-18-14-11-13(12-5-2-1-3-6-12)7-8-15(14)21-17(22-18)16-19-9-4-10-20-16/h1-11H,(H,21,22,23). The molecule has 0 fully saturated rings. The molecule has 5 heteroatoms. The number of rotatable bonds is 2. The average Bonchev–Trinajstić information content (AvgIpc) is 2.63. The predicted octanol–water partition coefficient (Wildman–Crippen LogP) is 3.05. The van der Waals surface area contributed by atoms with Gasteiger partial charge in [-0.25, -0.2) is 15.0 Å². The highest BCUT2D eigenvalue weighted by Crippen LogP contribution is 2.22. The van der Waals surface area contributed by atoms with Crippen LogP contribution >= 0.6 is 0 Å². The van der Waals surface area contributed by atoms with Crippen LogP contribution in [0.3, 0.4) is 0 Å². The molecule has 2 aromatic carbocycles. The summed E-state index contributed by atoms with van der Waals surface area (Å²) in [7, 11) is 0. The quantitative estimate of drug-likeness (QED) is 0.617. The van der Waals surface area contributed by atoms with Gasteiger partial charge in [-0.15, -0.1) is 0 Å². The summed E-state index contributed by atoms with van der Waals surface area (Å²) in [5.74, 6) is 0.772. The molecule has 0 unspecified atom stereocenters. The molecule has 0 radical (unpaired) electrons. The van der Waals surface area contributed by atoms with Crippen molar-refractivity contribution in [3.63, 3.8) is 0 Å². The minimum absolute atomic E-state index is 0.199. The summed E-state index contributed by atoms with van der Waals surface area (Å²) in [6.45, 7) is 0. The second kappa shape index (κ2) is 5.46. The molecule has 0 atom stereocenters. The first-order valence-electron chi connectivity index (χ1n) is 7.18. The third-order valence-corrected chi connectivity index (χ3v) is 3.59. The van der Waals surface area contributed by atoms with E-state index < -0.39 is 0 Å². The van der Waals surface area contributed by atoms with E-state index in [2.05, 4.69) is 19.9 Å². The number of nitrogens with one attached hydrogen (secondary N) is 1. The maximum atomic E-state index is 12.4. The SMILES string of the molecule is O=c1[nH]c(-c2ncccn2)nc2ccc(-c3ccccc3)cc12. The number of hydrogen-bond acceptors (Lipinski definition) is 4. The van der Waals surface area contributed by atoms with Gasteiger partial charge in [0, 0.05) is 12.4 Å². The normalized spacial score (nSPS) is 10.8. The molecule has 0 aliphatic carbocycles. The number of aromatic amines is 1. The summed E-state index contributed by atoms with van der Waals surface area (Å²) in [6.07, 6.45) is 3.23. The molecular formula is C18H12N4O. The van der Waals surface area contributed by atoms with Crippen molar-refractivity contribution in [3.8, 4) is 22.8 Å². The molecule has 2 aromatic heterocycles. The van der Waals surface area contributed by atoms with Crippen LogP contribution in [0.25, 0.3) is 33.7 Å². The Morgan fingerprint density at radius 3 is 2.39 bits per heavy atom. The van der Waals surface area contributed by atoms with Gasteiger partial charge in [-0.1, -0.05) is 36.4 Å². The third kappa shape index (κ3) is 2.48. The number of benzene rings is 2. The molecule has 4 rings (SSSR count). The lowest BCUT2D eigenvalue weighted by molar-refractivity contribution is 1.08. The highest BCUT2D eigenvalue weighted by atomic mass is 16.1. The van der Waals surface area contributed by atoms with Gasteiger partial charge in [0.25, 0.3) is 5.56 Å². The van der Waals surface area contributed by atoms with E-state index in [9.17, 15) is 4.79 Å². The zero-order valence-corrected chi connectivity index (χ0v) is 12.1. The van der Waals surface area contributed by atoms with Crippen molar-refractivity contribution >= 4 is 10.9 Å². The van der Waals surface area contributed by atoms with E-state index in [-0.39, 0.29) is 5.56 Å². The maximum Gasteiger partial charge on any atom is 0.259 e. The topological polar surface area (TPSA) is 71.5 Å². The molecule has 5 nitrogen and oxygen atoms in total. The van der Waals surface area contributed by atoms with E-state index in [1.54, 1.807) is 18.5 Å². The highest BCUT2D eigenvalue weighted by Gasteiger charge is 2.09. The Kier molecular flexibility index (Phi) is 3.16. The average molecular weight is 300 g/mol. The van der Waals surface area contributed by atoms with E-state index in [1.807, 2.05) is 48.5 Å². The van der Waals surface area contributed by atoms with Gasteiger partial charge >= 0.3 is 0 Å². The Morgan fingerprint density at radius 1 is 0.826 bits per heavy atom. The van der Waals surface area contributed by atoms with Crippen LogP contribution in [-0.4, -0.2) is 19.9 Å². The molecule has 23 heavy (non-hydrogen) atoms. The molecule has 0 spiro atoms. The number of H-pyrrole nitrogens is 1. The van der Waals surface area contributed by atoms with Crippen LogP contribution in [-0.2, 0) is 0 Å². The van der Waals surface area contributed by atoms with Crippen LogP contribution in [0.4, 0.5) is 0 Å². The van der Waals surface area contributed by atoms with Gasteiger partial charge in [0.2, 0.25) is 0 Å². The van der Waals surface area contributed by atoms with Gasteiger partial charge in [0.15, 0.2) is 11.6 Å². The van der Waals surface area contributed by atoms with Crippen LogP contribution in [0.2, 0.25) is 0 Å². The smallest absolute Gasteiger partial charge is 0.259 e. The first-order valence-corrected chi connectivity index (χ1v) is 7.18. The molecule has 2 heterocycles. The Labute approximate surface area is 131 Å². The minimum Gasteiger partial charge on any atom is -0.303 e. The van der Waals surface area contributed by atoms with E-state index in [0.717, 1.165) is 11.1 Å². The summed E-state index contributed by atoms with van der Waals surface area (Å²) >= 11 is 0. The highest BCUT2D eigenvalue weighted by molar-refractivity contribution is 5.84. The monoisotopic (exact) mass is 300 g/mol. The molecule has 0 saturated heterocycles. The Balaban J connectivity index is 1.88. The fourth-order valence-corrected chi connectivity index (χ4v) is 2.48. The number of hydrogen-bond donors (Lipinski definition) is 1. The van der Waals surface area contributed by atoms with Gasteiger partial charge in [-0.05, 0) is 29.3 Å². The fourth-order valence-electron chi connectivity index (χ4n) is 2.48. The molecule has 110 valence electrons. The Bertz CT molecular complexity index is 1030. The second-order valence-electron chi connectivity index (χ2n) is 5.08. The molecule has 0 aliphatic rings. The zero-order chi connectivity index (χ0) is 15.6. The lowest BCUT2D eigenvalue weighted by Gasteiger charge is -2.05. The van der Waals surface area contributed by atoms with E-state index in [1.165, 1.54) is 0 Å². The summed E-state index contributed by atoms with van der Waals surface area (Å²) in [5.41, 5.74) is 2.46. The largest absolute Gasteiger partial charge is 0.303 e. The van der Waals surface area contributed by atoms with Gasteiger partial charge < -0.3 is 4.98 Å². The molecule has 0 aliphatic heterocycles. The van der Waals surface area contributed by atoms with Crippen LogP contribution in [0.15, 0.2) is 71.8 Å². The number of aromatic nitrogens is 4. The lowest BCUT2D eigenvalue weighted by Crippen LogP contribution is -2.10. The Hall–Kier alpha value is -3.34. The summed E-state index contributed by atoms with van der Waals surface area (Å²) in [5, 5.41) is 0.547. The first kappa shape index (κ1) is 13.3. The van der Waals surface area contributed by atoms with Crippen LogP contribution in [0.1, 0.15) is 0 Å². The van der Waals surface area contributed by atoms with Gasteiger partial charge in [-0.3, -0.25) is 4.79 Å².